The Labute approximate surface area is 151 Å². The molecule has 0 atom stereocenters. The van der Waals surface area contributed by atoms with Crippen LogP contribution < -0.4 is 10.6 Å². The Morgan fingerprint density at radius 1 is 1.36 bits per heavy atom. The van der Waals surface area contributed by atoms with Crippen LogP contribution in [0.25, 0.3) is 0 Å². The Morgan fingerprint density at radius 2 is 2.32 bits per heavy atom. The van der Waals surface area contributed by atoms with Gasteiger partial charge in [0.05, 0.1) is 17.9 Å². The first-order chi connectivity index (χ1) is 12.3. The normalized spacial score (nSPS) is 19.1. The smallest absolute Gasteiger partial charge is 0.220 e. The van der Waals surface area contributed by atoms with Gasteiger partial charge in [0.1, 0.15) is 0 Å². The lowest BCUT2D eigenvalue weighted by Crippen LogP contribution is -2.32. The predicted molar refractivity (Wildman–Crippen MR) is 99.2 cm³/mol. The molecule has 0 fully saturated rings. The molecule has 0 spiro atoms. The fourth-order valence-electron chi connectivity index (χ4n) is 3.36. The van der Waals surface area contributed by atoms with Crippen LogP contribution in [0.3, 0.4) is 0 Å². The van der Waals surface area contributed by atoms with Crippen LogP contribution in [0.4, 0.5) is 0 Å². The molecule has 0 saturated heterocycles. The number of hydrogen-bond acceptors (Lipinski definition) is 6. The first kappa shape index (κ1) is 16.7. The summed E-state index contributed by atoms with van der Waals surface area (Å²) in [5.41, 5.74) is 3.50. The van der Waals surface area contributed by atoms with Crippen molar-refractivity contribution < 1.29 is 4.79 Å². The Morgan fingerprint density at radius 3 is 3.24 bits per heavy atom. The van der Waals surface area contributed by atoms with Gasteiger partial charge >= 0.3 is 0 Å². The van der Waals surface area contributed by atoms with E-state index in [-0.39, 0.29) is 5.91 Å². The van der Waals surface area contributed by atoms with Gasteiger partial charge in [0.15, 0.2) is 5.17 Å². The van der Waals surface area contributed by atoms with Crippen molar-refractivity contribution in [2.75, 3.05) is 26.2 Å². The molecule has 1 aromatic rings. The van der Waals surface area contributed by atoms with Gasteiger partial charge in [0, 0.05) is 57.7 Å². The zero-order valence-electron chi connectivity index (χ0n) is 14.3. The number of nitrogens with zero attached hydrogens (tertiary/aromatic N) is 4. The number of carbonyl (C=O) groups is 1. The molecular weight excluding hydrogens is 336 g/mol. The highest BCUT2D eigenvalue weighted by Crippen LogP contribution is 2.30. The van der Waals surface area contributed by atoms with Crippen molar-refractivity contribution in [3.05, 3.63) is 28.6 Å². The third-order valence-electron chi connectivity index (χ3n) is 4.70. The minimum Gasteiger partial charge on any atom is -0.356 e. The summed E-state index contributed by atoms with van der Waals surface area (Å²) in [5.74, 6) is 0.0999. The standard InChI is InChI=1S/C17H24N6OS/c24-16(3-2-13-10-15-11-18-7-9-23(15)21-13)19-6-4-14-12-25-17-20-5-1-8-22(14)17/h10,12,18H,1-9,11H2,(H,19,24). The van der Waals surface area contributed by atoms with Crippen LogP contribution in [0.1, 0.15) is 30.7 Å². The minimum atomic E-state index is 0.0999. The summed E-state index contributed by atoms with van der Waals surface area (Å²) < 4.78 is 2.05. The summed E-state index contributed by atoms with van der Waals surface area (Å²) in [6.45, 7) is 5.41. The number of carbonyl (C=O) groups excluding carboxylic acids is 1. The molecule has 2 N–H and O–H groups in total. The van der Waals surface area contributed by atoms with E-state index in [9.17, 15) is 4.79 Å². The van der Waals surface area contributed by atoms with Crippen LogP contribution in [0.15, 0.2) is 22.2 Å². The molecule has 4 heterocycles. The lowest BCUT2D eigenvalue weighted by molar-refractivity contribution is -0.121. The van der Waals surface area contributed by atoms with Crippen molar-refractivity contribution in [2.24, 2.45) is 4.99 Å². The minimum absolute atomic E-state index is 0.0999. The molecule has 3 aliphatic heterocycles. The summed E-state index contributed by atoms with van der Waals surface area (Å²) in [5, 5.41) is 14.2. The number of aromatic nitrogens is 2. The number of amidine groups is 1. The van der Waals surface area contributed by atoms with Crippen LogP contribution in [0.2, 0.25) is 0 Å². The lowest BCUT2D eigenvalue weighted by Gasteiger charge is -2.25. The molecule has 1 amide bonds. The van der Waals surface area contributed by atoms with Crippen molar-refractivity contribution in [1.29, 1.82) is 0 Å². The van der Waals surface area contributed by atoms with Crippen LogP contribution >= 0.6 is 11.8 Å². The van der Waals surface area contributed by atoms with Gasteiger partial charge in [0.2, 0.25) is 5.91 Å². The van der Waals surface area contributed by atoms with Crippen molar-refractivity contribution in [1.82, 2.24) is 25.3 Å². The fraction of sp³-hybridized carbons (Fsp3) is 0.588. The van der Waals surface area contributed by atoms with E-state index < -0.39 is 0 Å². The molecule has 25 heavy (non-hydrogen) atoms. The lowest BCUT2D eigenvalue weighted by atomic mass is 10.2. The molecule has 1 aromatic heterocycles. The zero-order valence-corrected chi connectivity index (χ0v) is 15.1. The molecule has 0 aliphatic carbocycles. The van der Waals surface area contributed by atoms with Gasteiger partial charge in [-0.2, -0.15) is 5.10 Å². The predicted octanol–water partition coefficient (Wildman–Crippen LogP) is 1.08. The van der Waals surface area contributed by atoms with Crippen LogP contribution in [-0.2, 0) is 24.3 Å². The van der Waals surface area contributed by atoms with Gasteiger partial charge in [-0.3, -0.25) is 14.5 Å². The Bertz CT molecular complexity index is 686. The van der Waals surface area contributed by atoms with Crippen molar-refractivity contribution >= 4 is 22.8 Å². The van der Waals surface area contributed by atoms with E-state index >= 15 is 0 Å². The summed E-state index contributed by atoms with van der Waals surface area (Å²) >= 11 is 1.70. The first-order valence-electron chi connectivity index (χ1n) is 9.00. The third kappa shape index (κ3) is 3.90. The first-order valence-corrected chi connectivity index (χ1v) is 9.88. The number of aliphatic imine (C=N–C) groups is 1. The van der Waals surface area contributed by atoms with E-state index in [1.165, 1.54) is 11.4 Å². The van der Waals surface area contributed by atoms with E-state index in [0.717, 1.165) is 56.4 Å². The van der Waals surface area contributed by atoms with Crippen molar-refractivity contribution in [3.8, 4) is 0 Å². The highest BCUT2D eigenvalue weighted by Gasteiger charge is 2.24. The summed E-state index contributed by atoms with van der Waals surface area (Å²) in [6, 6.07) is 2.11. The SMILES string of the molecule is O=C(CCc1cc2n(n1)CCNC2)NCCC1=CSC2=NCCCN12. The average Bonchev–Trinajstić information content (AvgIpc) is 3.24. The molecule has 0 bridgehead atoms. The second-order valence-electron chi connectivity index (χ2n) is 6.52. The third-order valence-corrected chi connectivity index (χ3v) is 5.65. The van der Waals surface area contributed by atoms with Gasteiger partial charge in [-0.15, -0.1) is 0 Å². The quantitative estimate of drug-likeness (QED) is 0.794. The van der Waals surface area contributed by atoms with Gasteiger partial charge in [0.25, 0.3) is 0 Å². The van der Waals surface area contributed by atoms with Gasteiger partial charge in [-0.05, 0) is 17.9 Å². The summed E-state index contributed by atoms with van der Waals surface area (Å²) in [6.07, 6.45) is 3.17. The maximum absolute atomic E-state index is 12.1. The maximum Gasteiger partial charge on any atom is 0.220 e. The zero-order chi connectivity index (χ0) is 17.1. The van der Waals surface area contributed by atoms with Gasteiger partial charge < -0.3 is 15.5 Å². The molecule has 7 nitrogen and oxygen atoms in total. The van der Waals surface area contributed by atoms with E-state index in [2.05, 4.69) is 37.1 Å². The van der Waals surface area contributed by atoms with Crippen molar-refractivity contribution in [2.45, 2.75) is 38.8 Å². The van der Waals surface area contributed by atoms with E-state index in [1.54, 1.807) is 11.8 Å². The number of hydrogen-bond donors (Lipinski definition) is 2. The molecule has 0 aromatic carbocycles. The molecular formula is C17H24N6OS. The molecule has 4 rings (SSSR count). The average molecular weight is 360 g/mol. The number of aryl methyl sites for hydroxylation is 1. The fourth-order valence-corrected chi connectivity index (χ4v) is 4.35. The molecule has 0 radical (unpaired) electrons. The number of thioether (sulfide) groups is 1. The topological polar surface area (TPSA) is 74.5 Å². The highest BCUT2D eigenvalue weighted by molar-refractivity contribution is 8.16. The molecule has 8 heteroatoms. The highest BCUT2D eigenvalue weighted by atomic mass is 32.2. The number of nitrogens with one attached hydrogen (secondary N) is 2. The van der Waals surface area contributed by atoms with Crippen molar-refractivity contribution in [3.63, 3.8) is 0 Å². The molecule has 3 aliphatic rings. The van der Waals surface area contributed by atoms with E-state index in [0.29, 0.717) is 19.4 Å². The largest absolute Gasteiger partial charge is 0.356 e. The second-order valence-corrected chi connectivity index (χ2v) is 7.36. The monoisotopic (exact) mass is 360 g/mol. The Kier molecular flexibility index (Phi) is 5.07. The number of rotatable bonds is 6. The maximum atomic E-state index is 12.1. The summed E-state index contributed by atoms with van der Waals surface area (Å²) in [4.78, 5) is 18.9. The Hall–Kier alpha value is -1.80. The van der Waals surface area contributed by atoms with Gasteiger partial charge in [-0.1, -0.05) is 11.8 Å². The van der Waals surface area contributed by atoms with E-state index in [1.807, 2.05) is 4.68 Å². The van der Waals surface area contributed by atoms with Gasteiger partial charge in [-0.25, -0.2) is 0 Å². The second kappa shape index (κ2) is 7.61. The van der Waals surface area contributed by atoms with Crippen LogP contribution in [0.5, 0.6) is 0 Å². The van der Waals surface area contributed by atoms with Crippen LogP contribution in [-0.4, -0.2) is 51.9 Å². The Balaban J connectivity index is 1.19. The number of fused-ring (bicyclic) bond motifs is 2. The van der Waals surface area contributed by atoms with Crippen LogP contribution in [0, 0.1) is 0 Å². The molecule has 0 unspecified atom stereocenters. The molecule has 134 valence electrons. The molecule has 0 saturated carbocycles. The summed E-state index contributed by atoms with van der Waals surface area (Å²) in [7, 11) is 0. The van der Waals surface area contributed by atoms with E-state index in [4.69, 9.17) is 0 Å². The number of amides is 1.